The lowest BCUT2D eigenvalue weighted by atomic mass is 9.96. The molecule has 1 amide bonds. The standard InChI is InChI=1S/C18H23ClN4O/c1-18(7-4-8-23(18)12-5-2-3-6-12)17-21-14-10-11(19)9-13(16(20)24)15(14)22-17/h9-10,12H,2-8H2,1H3,(H2,20,24)(H,21,22)/t18-/m1/s1. The summed E-state index contributed by atoms with van der Waals surface area (Å²) >= 11 is 6.14. The fraction of sp³-hybridized carbons (Fsp3) is 0.556. The number of nitrogens with one attached hydrogen (secondary N) is 1. The zero-order chi connectivity index (χ0) is 16.9. The van der Waals surface area contributed by atoms with Crippen LogP contribution in [0.25, 0.3) is 11.0 Å². The third-order valence-corrected chi connectivity index (χ3v) is 6.01. The van der Waals surface area contributed by atoms with E-state index in [1.807, 2.05) is 6.07 Å². The Labute approximate surface area is 146 Å². The summed E-state index contributed by atoms with van der Waals surface area (Å²) in [6.07, 6.45) is 7.43. The molecule has 0 unspecified atom stereocenters. The number of nitrogens with two attached hydrogens (primary N) is 1. The number of nitrogens with zero attached hydrogens (tertiary/aromatic N) is 2. The number of hydrogen-bond acceptors (Lipinski definition) is 3. The number of fused-ring (bicyclic) bond motifs is 1. The van der Waals surface area contributed by atoms with E-state index in [9.17, 15) is 4.79 Å². The van der Waals surface area contributed by atoms with E-state index in [1.54, 1.807) is 6.07 Å². The van der Waals surface area contributed by atoms with Gasteiger partial charge in [0.25, 0.3) is 5.91 Å². The zero-order valence-electron chi connectivity index (χ0n) is 13.9. The Kier molecular flexibility index (Phi) is 3.81. The van der Waals surface area contributed by atoms with Crippen molar-refractivity contribution >= 4 is 28.5 Å². The number of H-pyrrole nitrogens is 1. The second-order valence-corrected chi connectivity index (χ2v) is 7.74. The van der Waals surface area contributed by atoms with Gasteiger partial charge < -0.3 is 10.7 Å². The predicted molar refractivity (Wildman–Crippen MR) is 95.2 cm³/mol. The van der Waals surface area contributed by atoms with E-state index < -0.39 is 5.91 Å². The topological polar surface area (TPSA) is 75.0 Å². The van der Waals surface area contributed by atoms with Gasteiger partial charge in [0.1, 0.15) is 11.3 Å². The Morgan fingerprint density at radius 3 is 2.83 bits per heavy atom. The molecule has 2 heterocycles. The number of halogens is 1. The molecule has 128 valence electrons. The Morgan fingerprint density at radius 2 is 2.12 bits per heavy atom. The maximum atomic E-state index is 11.8. The Hall–Kier alpha value is -1.59. The SMILES string of the molecule is C[C@]1(c2nc3c(C(N)=O)cc(Cl)cc3[nH]2)CCCN1C1CCCC1. The largest absolute Gasteiger partial charge is 0.366 e. The molecule has 1 aliphatic carbocycles. The Morgan fingerprint density at radius 1 is 1.38 bits per heavy atom. The van der Waals surface area contributed by atoms with Crippen LogP contribution in [0.5, 0.6) is 0 Å². The van der Waals surface area contributed by atoms with E-state index in [4.69, 9.17) is 22.3 Å². The van der Waals surface area contributed by atoms with Crippen molar-refractivity contribution in [2.45, 2.75) is 57.0 Å². The maximum Gasteiger partial charge on any atom is 0.251 e. The molecule has 2 aromatic rings. The molecule has 1 saturated carbocycles. The minimum absolute atomic E-state index is 0.116. The maximum absolute atomic E-state index is 11.8. The van der Waals surface area contributed by atoms with Crippen LogP contribution < -0.4 is 5.73 Å². The summed E-state index contributed by atoms with van der Waals surface area (Å²) < 4.78 is 0. The quantitative estimate of drug-likeness (QED) is 0.892. The van der Waals surface area contributed by atoms with Gasteiger partial charge in [0.05, 0.1) is 16.6 Å². The molecule has 0 spiro atoms. The van der Waals surface area contributed by atoms with E-state index in [1.165, 1.54) is 32.1 Å². The third-order valence-electron chi connectivity index (χ3n) is 5.79. The van der Waals surface area contributed by atoms with Crippen molar-refractivity contribution in [3.8, 4) is 0 Å². The fourth-order valence-electron chi connectivity index (χ4n) is 4.57. The highest BCUT2D eigenvalue weighted by molar-refractivity contribution is 6.32. The van der Waals surface area contributed by atoms with Crippen LogP contribution in [0.15, 0.2) is 12.1 Å². The first-order valence-corrected chi connectivity index (χ1v) is 9.13. The van der Waals surface area contributed by atoms with E-state index >= 15 is 0 Å². The fourth-order valence-corrected chi connectivity index (χ4v) is 4.78. The molecule has 1 atom stereocenters. The number of amides is 1. The second kappa shape index (κ2) is 5.74. The summed E-state index contributed by atoms with van der Waals surface area (Å²) in [5.74, 6) is 0.427. The first-order valence-electron chi connectivity index (χ1n) is 8.75. The van der Waals surface area contributed by atoms with Gasteiger partial charge in [-0.25, -0.2) is 4.98 Å². The van der Waals surface area contributed by atoms with Crippen molar-refractivity contribution in [2.24, 2.45) is 5.73 Å². The summed E-state index contributed by atoms with van der Waals surface area (Å²) in [5.41, 5.74) is 7.19. The Bertz CT molecular complexity index is 796. The molecule has 0 radical (unpaired) electrons. The average molecular weight is 347 g/mol. The van der Waals surface area contributed by atoms with Crippen molar-refractivity contribution in [1.82, 2.24) is 14.9 Å². The molecule has 5 nitrogen and oxygen atoms in total. The number of hydrogen-bond donors (Lipinski definition) is 2. The number of aromatic nitrogens is 2. The zero-order valence-corrected chi connectivity index (χ0v) is 14.7. The summed E-state index contributed by atoms with van der Waals surface area (Å²) in [5, 5.41) is 0.496. The molecule has 3 N–H and O–H groups in total. The highest BCUT2D eigenvalue weighted by atomic mass is 35.5. The molecule has 0 bridgehead atoms. The van der Waals surface area contributed by atoms with Crippen LogP contribution >= 0.6 is 11.6 Å². The van der Waals surface area contributed by atoms with Crippen molar-refractivity contribution in [1.29, 1.82) is 0 Å². The van der Waals surface area contributed by atoms with Crippen molar-refractivity contribution in [2.75, 3.05) is 6.54 Å². The van der Waals surface area contributed by atoms with Gasteiger partial charge in [0.2, 0.25) is 0 Å². The lowest BCUT2D eigenvalue weighted by molar-refractivity contribution is 0.0947. The summed E-state index contributed by atoms with van der Waals surface area (Å²) in [4.78, 5) is 22.6. The van der Waals surface area contributed by atoms with Crippen LogP contribution in [0.4, 0.5) is 0 Å². The lowest BCUT2D eigenvalue weighted by Crippen LogP contribution is -2.45. The van der Waals surface area contributed by atoms with Gasteiger partial charge in [-0.15, -0.1) is 0 Å². The molecule has 24 heavy (non-hydrogen) atoms. The van der Waals surface area contributed by atoms with Gasteiger partial charge in [-0.05, 0) is 51.3 Å². The summed E-state index contributed by atoms with van der Waals surface area (Å²) in [6.45, 7) is 3.38. The number of aromatic amines is 1. The van der Waals surface area contributed by atoms with Crippen molar-refractivity contribution in [3.05, 3.63) is 28.5 Å². The van der Waals surface area contributed by atoms with Crippen LogP contribution in [0.1, 0.15) is 61.6 Å². The number of rotatable bonds is 3. The number of primary amides is 1. The van der Waals surface area contributed by atoms with E-state index in [-0.39, 0.29) is 5.54 Å². The smallest absolute Gasteiger partial charge is 0.251 e. The number of carbonyl (C=O) groups is 1. The minimum atomic E-state index is -0.496. The second-order valence-electron chi connectivity index (χ2n) is 7.31. The summed E-state index contributed by atoms with van der Waals surface area (Å²) in [7, 11) is 0. The van der Waals surface area contributed by atoms with Crippen LogP contribution in [-0.4, -0.2) is 33.4 Å². The average Bonchev–Trinajstić information content (AvgIpc) is 3.24. The Balaban J connectivity index is 1.80. The first kappa shape index (κ1) is 15.9. The molecule has 1 aliphatic heterocycles. The molecule has 1 saturated heterocycles. The predicted octanol–water partition coefficient (Wildman–Crippen LogP) is 3.57. The number of imidazole rings is 1. The van der Waals surface area contributed by atoms with E-state index in [0.29, 0.717) is 22.1 Å². The molecule has 4 rings (SSSR count). The van der Waals surface area contributed by atoms with Gasteiger partial charge in [0, 0.05) is 11.1 Å². The van der Waals surface area contributed by atoms with E-state index in [0.717, 1.165) is 24.3 Å². The number of benzene rings is 1. The highest BCUT2D eigenvalue weighted by Gasteiger charge is 2.44. The van der Waals surface area contributed by atoms with Gasteiger partial charge in [0.15, 0.2) is 0 Å². The molecular weight excluding hydrogens is 324 g/mol. The monoisotopic (exact) mass is 346 g/mol. The molecule has 1 aromatic carbocycles. The van der Waals surface area contributed by atoms with Crippen LogP contribution in [-0.2, 0) is 5.54 Å². The molecule has 6 heteroatoms. The third kappa shape index (κ3) is 2.42. The van der Waals surface area contributed by atoms with Gasteiger partial charge >= 0.3 is 0 Å². The van der Waals surface area contributed by atoms with Crippen molar-refractivity contribution < 1.29 is 4.79 Å². The van der Waals surface area contributed by atoms with E-state index in [2.05, 4.69) is 16.8 Å². The lowest BCUT2D eigenvalue weighted by Gasteiger charge is -2.38. The van der Waals surface area contributed by atoms with Crippen LogP contribution in [0, 0.1) is 0 Å². The summed E-state index contributed by atoms with van der Waals surface area (Å²) in [6, 6.07) is 4.06. The van der Waals surface area contributed by atoms with Crippen molar-refractivity contribution in [3.63, 3.8) is 0 Å². The van der Waals surface area contributed by atoms with Gasteiger partial charge in [-0.1, -0.05) is 24.4 Å². The normalized spacial score (nSPS) is 25.8. The van der Waals surface area contributed by atoms with Gasteiger partial charge in [-0.3, -0.25) is 9.69 Å². The number of carbonyl (C=O) groups excluding carboxylic acids is 1. The molecular formula is C18H23ClN4O. The minimum Gasteiger partial charge on any atom is -0.366 e. The molecule has 2 aliphatic rings. The highest BCUT2D eigenvalue weighted by Crippen LogP contribution is 2.42. The number of likely N-dealkylation sites (tertiary alicyclic amines) is 1. The first-order chi connectivity index (χ1) is 11.5. The molecule has 1 aromatic heterocycles. The van der Waals surface area contributed by atoms with Gasteiger partial charge in [-0.2, -0.15) is 0 Å². The van der Waals surface area contributed by atoms with Crippen LogP contribution in [0.3, 0.4) is 0 Å². The van der Waals surface area contributed by atoms with Crippen LogP contribution in [0.2, 0.25) is 5.02 Å². The molecule has 2 fully saturated rings.